The number of hydrogen-bond donors (Lipinski definition) is 1. The molecular weight excluding hydrogens is 264 g/mol. The summed E-state index contributed by atoms with van der Waals surface area (Å²) in [5.41, 5.74) is 1.84. The molecule has 1 aromatic heterocycles. The lowest BCUT2D eigenvalue weighted by Crippen LogP contribution is -2.48. The maximum absolute atomic E-state index is 10.8. The highest BCUT2D eigenvalue weighted by molar-refractivity contribution is 5.13. The third kappa shape index (κ3) is 3.49. The fraction of sp³-hybridized carbons (Fsp3) is 0.824. The summed E-state index contributed by atoms with van der Waals surface area (Å²) >= 11 is 0. The molecule has 0 spiro atoms. The van der Waals surface area contributed by atoms with Gasteiger partial charge in [0, 0.05) is 25.8 Å². The molecule has 21 heavy (non-hydrogen) atoms. The van der Waals surface area contributed by atoms with E-state index in [9.17, 15) is 5.11 Å². The summed E-state index contributed by atoms with van der Waals surface area (Å²) in [4.78, 5) is 0. The second-order valence-electron chi connectivity index (χ2n) is 6.49. The first-order chi connectivity index (χ1) is 10.0. The van der Waals surface area contributed by atoms with Crippen LogP contribution >= 0.6 is 0 Å². The maximum Gasteiger partial charge on any atom is 0.0942 e. The first-order valence-corrected chi connectivity index (χ1v) is 8.33. The molecule has 3 unspecified atom stereocenters. The van der Waals surface area contributed by atoms with E-state index in [1.54, 1.807) is 7.11 Å². The van der Waals surface area contributed by atoms with Crippen LogP contribution in [0.5, 0.6) is 0 Å². The van der Waals surface area contributed by atoms with Crippen molar-refractivity contribution in [1.29, 1.82) is 0 Å². The van der Waals surface area contributed by atoms with Crippen LogP contribution in [0.2, 0.25) is 0 Å². The first-order valence-electron chi connectivity index (χ1n) is 8.33. The van der Waals surface area contributed by atoms with Gasteiger partial charge in [-0.15, -0.1) is 0 Å². The highest BCUT2D eigenvalue weighted by Gasteiger charge is 2.41. The third-order valence-corrected chi connectivity index (χ3v) is 4.98. The van der Waals surface area contributed by atoms with E-state index in [1.807, 2.05) is 4.68 Å². The van der Waals surface area contributed by atoms with Crippen molar-refractivity contribution in [2.45, 2.75) is 77.5 Å². The predicted octanol–water partition coefficient (Wildman–Crippen LogP) is 2.96. The number of aromatic nitrogens is 2. The number of methoxy groups -OCH3 is 1. The van der Waals surface area contributed by atoms with Gasteiger partial charge in [-0.3, -0.25) is 4.68 Å². The van der Waals surface area contributed by atoms with Crippen LogP contribution < -0.4 is 0 Å². The molecule has 1 N–H and O–H groups in total. The van der Waals surface area contributed by atoms with Crippen LogP contribution in [0.3, 0.4) is 0 Å². The summed E-state index contributed by atoms with van der Waals surface area (Å²) in [6.45, 7) is 7.31. The molecule has 4 nitrogen and oxygen atoms in total. The molecule has 1 aromatic rings. The van der Waals surface area contributed by atoms with Crippen molar-refractivity contribution in [3.8, 4) is 0 Å². The summed E-state index contributed by atoms with van der Waals surface area (Å²) in [6, 6.07) is 2.13. The van der Waals surface area contributed by atoms with Gasteiger partial charge in [0.25, 0.3) is 0 Å². The Bertz CT molecular complexity index is 458. The zero-order chi connectivity index (χ0) is 15.5. The lowest BCUT2D eigenvalue weighted by molar-refractivity contribution is -0.131. The topological polar surface area (TPSA) is 47.3 Å². The van der Waals surface area contributed by atoms with E-state index in [2.05, 4.69) is 31.9 Å². The predicted molar refractivity (Wildman–Crippen MR) is 84.4 cm³/mol. The largest absolute Gasteiger partial charge is 0.390 e. The molecule has 0 aliphatic heterocycles. The number of rotatable bonds is 6. The van der Waals surface area contributed by atoms with Crippen molar-refractivity contribution < 1.29 is 9.84 Å². The van der Waals surface area contributed by atoms with E-state index in [4.69, 9.17) is 4.74 Å². The molecule has 0 amide bonds. The monoisotopic (exact) mass is 294 g/mol. The Balaban J connectivity index is 2.15. The van der Waals surface area contributed by atoms with Crippen LogP contribution in [0.4, 0.5) is 0 Å². The van der Waals surface area contributed by atoms with Gasteiger partial charge in [-0.05, 0) is 38.2 Å². The Labute approximate surface area is 128 Å². The van der Waals surface area contributed by atoms with E-state index in [0.29, 0.717) is 12.3 Å². The number of aliphatic hydroxyl groups is 1. The van der Waals surface area contributed by atoms with Crippen LogP contribution in [-0.2, 0) is 24.1 Å². The number of nitrogens with zero attached hydrogens (tertiary/aromatic N) is 2. The van der Waals surface area contributed by atoms with Gasteiger partial charge >= 0.3 is 0 Å². The van der Waals surface area contributed by atoms with Crippen LogP contribution in [0, 0.1) is 5.92 Å². The molecule has 1 heterocycles. The number of aryl methyl sites for hydroxylation is 2. The second kappa shape index (κ2) is 6.93. The van der Waals surface area contributed by atoms with E-state index < -0.39 is 6.10 Å². The van der Waals surface area contributed by atoms with Crippen molar-refractivity contribution in [3.05, 3.63) is 17.5 Å². The van der Waals surface area contributed by atoms with E-state index in [0.717, 1.165) is 43.6 Å². The van der Waals surface area contributed by atoms with Gasteiger partial charge in [-0.25, -0.2) is 0 Å². The van der Waals surface area contributed by atoms with E-state index in [-0.39, 0.29) is 5.60 Å². The van der Waals surface area contributed by atoms with Crippen LogP contribution in [0.15, 0.2) is 6.07 Å². The van der Waals surface area contributed by atoms with Gasteiger partial charge in [0.05, 0.1) is 17.4 Å². The molecule has 0 saturated heterocycles. The van der Waals surface area contributed by atoms with Gasteiger partial charge in [0.1, 0.15) is 0 Å². The van der Waals surface area contributed by atoms with Crippen molar-refractivity contribution in [2.24, 2.45) is 5.92 Å². The van der Waals surface area contributed by atoms with E-state index >= 15 is 0 Å². The molecule has 2 rings (SSSR count). The Morgan fingerprint density at radius 1 is 1.52 bits per heavy atom. The fourth-order valence-electron chi connectivity index (χ4n) is 3.68. The summed E-state index contributed by atoms with van der Waals surface area (Å²) in [7, 11) is 1.75. The summed E-state index contributed by atoms with van der Waals surface area (Å²) in [6.07, 6.45) is 5.38. The normalized spacial score (nSPS) is 27.8. The SMILES string of the molecule is CCc1cc(CC(O)C2(OC)CCCC(C)C2)n(CC)n1. The maximum atomic E-state index is 10.8. The number of ether oxygens (including phenoxy) is 1. The van der Waals surface area contributed by atoms with Crippen LogP contribution in [-0.4, -0.2) is 33.7 Å². The molecule has 4 heteroatoms. The Morgan fingerprint density at radius 2 is 2.29 bits per heavy atom. The molecule has 0 aromatic carbocycles. The summed E-state index contributed by atoms with van der Waals surface area (Å²) < 4.78 is 7.82. The minimum Gasteiger partial charge on any atom is -0.390 e. The van der Waals surface area contributed by atoms with E-state index in [1.165, 1.54) is 6.42 Å². The third-order valence-electron chi connectivity index (χ3n) is 4.98. The summed E-state index contributed by atoms with van der Waals surface area (Å²) in [5.74, 6) is 0.621. The standard InChI is InChI=1S/C17H30N2O2/c1-5-14-10-15(19(6-2)18-14)11-16(20)17(21-4)9-7-8-13(3)12-17/h10,13,16,20H,5-9,11-12H2,1-4H3. The van der Waals surface area contributed by atoms with Gasteiger partial charge < -0.3 is 9.84 Å². The van der Waals surface area contributed by atoms with Crippen molar-refractivity contribution in [3.63, 3.8) is 0 Å². The Kier molecular flexibility index (Phi) is 5.44. The molecule has 1 fully saturated rings. The molecule has 0 bridgehead atoms. The molecular formula is C17H30N2O2. The van der Waals surface area contributed by atoms with Gasteiger partial charge in [-0.1, -0.05) is 26.7 Å². The average Bonchev–Trinajstić information content (AvgIpc) is 2.89. The van der Waals surface area contributed by atoms with Gasteiger partial charge in [-0.2, -0.15) is 5.10 Å². The Morgan fingerprint density at radius 3 is 2.86 bits per heavy atom. The van der Waals surface area contributed by atoms with Crippen LogP contribution in [0.25, 0.3) is 0 Å². The highest BCUT2D eigenvalue weighted by Crippen LogP contribution is 2.38. The molecule has 3 atom stereocenters. The lowest BCUT2D eigenvalue weighted by Gasteiger charge is -2.42. The van der Waals surface area contributed by atoms with Crippen molar-refractivity contribution >= 4 is 0 Å². The second-order valence-corrected chi connectivity index (χ2v) is 6.49. The zero-order valence-electron chi connectivity index (χ0n) is 13.9. The average molecular weight is 294 g/mol. The minimum absolute atomic E-state index is 0.382. The lowest BCUT2D eigenvalue weighted by atomic mass is 9.74. The van der Waals surface area contributed by atoms with Crippen molar-refractivity contribution in [1.82, 2.24) is 9.78 Å². The van der Waals surface area contributed by atoms with Gasteiger partial charge in [0.15, 0.2) is 0 Å². The fourth-order valence-corrected chi connectivity index (χ4v) is 3.68. The number of aliphatic hydroxyl groups excluding tert-OH is 1. The minimum atomic E-state index is -0.461. The molecule has 1 aliphatic rings. The molecule has 1 saturated carbocycles. The van der Waals surface area contributed by atoms with Crippen LogP contribution in [0.1, 0.15) is 57.8 Å². The molecule has 0 radical (unpaired) electrons. The zero-order valence-corrected chi connectivity index (χ0v) is 13.9. The highest BCUT2D eigenvalue weighted by atomic mass is 16.5. The summed E-state index contributed by atoms with van der Waals surface area (Å²) in [5, 5.41) is 15.4. The molecule has 1 aliphatic carbocycles. The number of hydrogen-bond acceptors (Lipinski definition) is 3. The van der Waals surface area contributed by atoms with Gasteiger partial charge in [0.2, 0.25) is 0 Å². The first kappa shape index (κ1) is 16.5. The molecule has 120 valence electrons. The van der Waals surface area contributed by atoms with Crippen molar-refractivity contribution in [2.75, 3.05) is 7.11 Å². The Hall–Kier alpha value is -0.870. The smallest absolute Gasteiger partial charge is 0.0942 e. The quantitative estimate of drug-likeness (QED) is 0.877.